The molecule has 1 unspecified atom stereocenters. The van der Waals surface area contributed by atoms with Gasteiger partial charge in [0.05, 0.1) is 11.8 Å². The van der Waals surface area contributed by atoms with E-state index in [0.29, 0.717) is 0 Å². The highest BCUT2D eigenvalue weighted by molar-refractivity contribution is 6.72. The molecule has 0 aromatic carbocycles. The summed E-state index contributed by atoms with van der Waals surface area (Å²) in [5.41, 5.74) is 0.122. The molecule has 0 rings (SSSR count). The van der Waals surface area contributed by atoms with E-state index in [2.05, 4.69) is 34.2 Å². The van der Waals surface area contributed by atoms with Gasteiger partial charge < -0.3 is 9.16 Å². The molecule has 0 aliphatic carbocycles. The van der Waals surface area contributed by atoms with Gasteiger partial charge in [0.2, 0.25) is 8.32 Å². The van der Waals surface area contributed by atoms with Gasteiger partial charge >= 0.3 is 0 Å². The van der Waals surface area contributed by atoms with Crippen molar-refractivity contribution in [3.8, 4) is 0 Å². The lowest BCUT2D eigenvalue weighted by molar-refractivity contribution is 0.0171. The molecule has 0 aliphatic rings. The van der Waals surface area contributed by atoms with Crippen LogP contribution in [0, 0.1) is 0 Å². The quantitative estimate of drug-likeness (QED) is 0.320. The number of unbranched alkanes of at least 4 members (excludes halogenated alkanes) is 3. The maximum Gasteiger partial charge on any atom is 0.215 e. The molecule has 0 spiro atoms. The fourth-order valence-corrected chi connectivity index (χ4v) is 6.86. The van der Waals surface area contributed by atoms with Crippen molar-refractivity contribution >= 4 is 8.32 Å². The molecule has 0 bridgehead atoms. The van der Waals surface area contributed by atoms with E-state index in [1.165, 1.54) is 70.3 Å². The minimum Gasteiger partial charge on any atom is -0.409 e. The van der Waals surface area contributed by atoms with Crippen molar-refractivity contribution in [2.45, 2.75) is 110 Å². The molecular formula is C19H42O2Si. The Morgan fingerprint density at radius 2 is 1.23 bits per heavy atom. The molecule has 0 radical (unpaired) electrons. The second-order valence-corrected chi connectivity index (χ2v) is 11.1. The Morgan fingerprint density at radius 3 is 1.55 bits per heavy atom. The Bertz CT molecular complexity index is 228. The second kappa shape index (κ2) is 12.5. The van der Waals surface area contributed by atoms with Gasteiger partial charge in [0, 0.05) is 7.11 Å². The maximum absolute atomic E-state index is 7.03. The number of rotatable bonds is 15. The molecule has 0 heterocycles. The van der Waals surface area contributed by atoms with Crippen molar-refractivity contribution in [1.29, 1.82) is 0 Å². The summed E-state index contributed by atoms with van der Waals surface area (Å²) in [6, 6.07) is 1.22. The third kappa shape index (κ3) is 8.69. The fourth-order valence-electron chi connectivity index (χ4n) is 3.53. The number of ether oxygens (including phenoxy) is 1. The average Bonchev–Trinajstić information content (AvgIpc) is 2.49. The molecular weight excluding hydrogens is 288 g/mol. The van der Waals surface area contributed by atoms with Crippen LogP contribution in [-0.4, -0.2) is 27.3 Å². The zero-order valence-corrected chi connectivity index (χ0v) is 17.3. The summed E-state index contributed by atoms with van der Waals surface area (Å²) < 4.78 is 12.6. The van der Waals surface area contributed by atoms with Gasteiger partial charge in [-0.25, -0.2) is 0 Å². The summed E-state index contributed by atoms with van der Waals surface area (Å²) >= 11 is 0. The highest BCUT2D eigenvalue weighted by atomic mass is 28.4. The van der Waals surface area contributed by atoms with Crippen LogP contribution in [0.2, 0.25) is 12.6 Å². The van der Waals surface area contributed by atoms with Crippen LogP contribution in [0.4, 0.5) is 0 Å². The van der Waals surface area contributed by atoms with E-state index in [0.717, 1.165) is 6.23 Å². The zero-order valence-electron chi connectivity index (χ0n) is 16.3. The summed E-state index contributed by atoms with van der Waals surface area (Å²) in [7, 11) is 0.0724. The van der Waals surface area contributed by atoms with Gasteiger partial charge in [-0.1, -0.05) is 72.6 Å². The van der Waals surface area contributed by atoms with Gasteiger partial charge in [0.25, 0.3) is 0 Å². The van der Waals surface area contributed by atoms with Crippen LogP contribution in [0.3, 0.4) is 0 Å². The van der Waals surface area contributed by atoms with Crippen molar-refractivity contribution < 1.29 is 9.16 Å². The number of hydrogen-bond acceptors (Lipinski definition) is 2. The minimum absolute atomic E-state index is 0.122. The second-order valence-electron chi connectivity index (χ2n) is 7.23. The van der Waals surface area contributed by atoms with Crippen molar-refractivity contribution in [3.05, 3.63) is 0 Å². The molecule has 0 saturated carbocycles. The van der Waals surface area contributed by atoms with Crippen LogP contribution >= 0.6 is 0 Å². The van der Waals surface area contributed by atoms with Crippen molar-refractivity contribution in [2.24, 2.45) is 0 Å². The van der Waals surface area contributed by atoms with Gasteiger partial charge in [-0.05, 0) is 31.9 Å². The van der Waals surface area contributed by atoms with Crippen LogP contribution in [0.15, 0.2) is 0 Å². The molecule has 3 heteroatoms. The van der Waals surface area contributed by atoms with Gasteiger partial charge in [0.1, 0.15) is 0 Å². The topological polar surface area (TPSA) is 18.5 Å². The standard InChI is InChI=1S/C19H42O2Si/c1-7-11-14-19(15-12-8-2,16-13-9-3)21-22(6,17-10-4)18-20-5/h7-18H2,1-6H3. The molecule has 0 fully saturated rings. The van der Waals surface area contributed by atoms with E-state index >= 15 is 0 Å². The molecule has 0 N–H and O–H groups in total. The first-order chi connectivity index (χ1) is 10.5. The highest BCUT2D eigenvalue weighted by Crippen LogP contribution is 2.36. The average molecular weight is 331 g/mol. The van der Waals surface area contributed by atoms with E-state index in [1.807, 2.05) is 7.11 Å². The first-order valence-electron chi connectivity index (χ1n) is 9.70. The highest BCUT2D eigenvalue weighted by Gasteiger charge is 2.39. The number of methoxy groups -OCH3 is 1. The van der Waals surface area contributed by atoms with Gasteiger partial charge in [-0.15, -0.1) is 0 Å². The predicted octanol–water partition coefficient (Wildman–Crippen LogP) is 6.48. The van der Waals surface area contributed by atoms with Crippen LogP contribution < -0.4 is 0 Å². The summed E-state index contributed by atoms with van der Waals surface area (Å²) in [4.78, 5) is 0. The van der Waals surface area contributed by atoms with E-state index in [1.54, 1.807) is 0 Å². The summed E-state index contributed by atoms with van der Waals surface area (Å²) in [5, 5.41) is 0. The molecule has 22 heavy (non-hydrogen) atoms. The SMILES string of the molecule is CCCCC(CCCC)(CCCC)O[Si](C)(CCC)COC. The first-order valence-corrected chi connectivity index (χ1v) is 12.5. The lowest BCUT2D eigenvalue weighted by atomic mass is 9.86. The molecule has 0 aliphatic heterocycles. The molecule has 0 saturated heterocycles. The van der Waals surface area contributed by atoms with Gasteiger partial charge in [-0.2, -0.15) is 0 Å². The Morgan fingerprint density at radius 1 is 0.773 bits per heavy atom. The Balaban J connectivity index is 5.16. The summed E-state index contributed by atoms with van der Waals surface area (Å²) in [5.74, 6) is 0. The molecule has 0 aromatic heterocycles. The first kappa shape index (κ1) is 22.1. The monoisotopic (exact) mass is 330 g/mol. The normalized spacial score (nSPS) is 15.0. The Hall–Kier alpha value is 0.137. The van der Waals surface area contributed by atoms with E-state index in [9.17, 15) is 0 Å². The fraction of sp³-hybridized carbons (Fsp3) is 1.00. The van der Waals surface area contributed by atoms with Crippen LogP contribution in [0.5, 0.6) is 0 Å². The Labute approximate surface area is 141 Å². The van der Waals surface area contributed by atoms with Crippen molar-refractivity contribution in [3.63, 3.8) is 0 Å². The third-order valence-electron chi connectivity index (χ3n) is 4.65. The van der Waals surface area contributed by atoms with E-state index in [-0.39, 0.29) is 5.60 Å². The molecule has 0 aromatic rings. The van der Waals surface area contributed by atoms with Crippen LogP contribution in [-0.2, 0) is 9.16 Å². The van der Waals surface area contributed by atoms with Gasteiger partial charge in [0.15, 0.2) is 0 Å². The van der Waals surface area contributed by atoms with E-state index < -0.39 is 8.32 Å². The lowest BCUT2D eigenvalue weighted by Crippen LogP contribution is -2.49. The smallest absolute Gasteiger partial charge is 0.215 e. The van der Waals surface area contributed by atoms with Crippen LogP contribution in [0.1, 0.15) is 91.9 Å². The predicted molar refractivity (Wildman–Crippen MR) is 101 cm³/mol. The van der Waals surface area contributed by atoms with Crippen molar-refractivity contribution in [2.75, 3.05) is 13.3 Å². The maximum atomic E-state index is 7.03. The lowest BCUT2D eigenvalue weighted by Gasteiger charge is -2.42. The zero-order chi connectivity index (χ0) is 16.9. The molecule has 2 nitrogen and oxygen atoms in total. The summed E-state index contributed by atoms with van der Waals surface area (Å²) in [6.45, 7) is 11.5. The molecule has 0 amide bonds. The number of hydrogen-bond donors (Lipinski definition) is 0. The molecule has 1 atom stereocenters. The molecule has 134 valence electrons. The van der Waals surface area contributed by atoms with Gasteiger partial charge in [-0.3, -0.25) is 0 Å². The largest absolute Gasteiger partial charge is 0.409 e. The van der Waals surface area contributed by atoms with E-state index in [4.69, 9.17) is 9.16 Å². The third-order valence-corrected chi connectivity index (χ3v) is 8.03. The minimum atomic E-state index is -1.76. The van der Waals surface area contributed by atoms with Crippen molar-refractivity contribution in [1.82, 2.24) is 0 Å². The Kier molecular flexibility index (Phi) is 12.6. The van der Waals surface area contributed by atoms with Crippen LogP contribution in [0.25, 0.3) is 0 Å². The summed E-state index contributed by atoms with van der Waals surface area (Å²) in [6.07, 6.45) is 13.4.